The van der Waals surface area contributed by atoms with Gasteiger partial charge in [0.05, 0.1) is 17.1 Å². The van der Waals surface area contributed by atoms with E-state index in [1.54, 1.807) is 0 Å². The second kappa shape index (κ2) is 16.5. The van der Waals surface area contributed by atoms with Gasteiger partial charge in [0, 0.05) is 28.5 Å². The summed E-state index contributed by atoms with van der Waals surface area (Å²) < 4.78 is 12.5. The normalized spacial score (nSPS) is 11.5. The number of hydrogen-bond donors (Lipinski definition) is 0. The molecule has 0 N–H and O–H groups in total. The van der Waals surface area contributed by atoms with E-state index in [0.717, 1.165) is 115 Å². The third kappa shape index (κ3) is 7.38. The molecule has 4 heterocycles. The number of benzene rings is 6. The molecule has 4 aromatic heterocycles. The van der Waals surface area contributed by atoms with E-state index in [-0.39, 0.29) is 0 Å². The average Bonchev–Trinajstić information content (AvgIpc) is 3.97. The lowest BCUT2D eigenvalue weighted by atomic mass is 9.95. The smallest absolute Gasteiger partial charge is 0.227 e. The summed E-state index contributed by atoms with van der Waals surface area (Å²) in [4.78, 5) is 19.5. The van der Waals surface area contributed by atoms with Crippen molar-refractivity contribution in [3.05, 3.63) is 180 Å². The minimum Gasteiger partial charge on any atom is -0.436 e. The van der Waals surface area contributed by atoms with Crippen LogP contribution in [0.25, 0.3) is 101 Å². The topological polar surface area (TPSA) is 77.8 Å². The van der Waals surface area contributed by atoms with Crippen molar-refractivity contribution in [2.75, 3.05) is 0 Å². The Labute approximate surface area is 362 Å². The van der Waals surface area contributed by atoms with Crippen LogP contribution in [0.3, 0.4) is 0 Å². The maximum atomic E-state index is 6.24. The molecule has 0 saturated heterocycles. The standard InChI is InChI=1S/C56H46N4O2/c1-5-35-31-50-52(33-37(35)7-3)61-55(59-50)45-24-16-41(17-25-45)39-12-20-43(21-13-39)47-28-29-49(48-11-9-10-30-57-48)58-54(47)44-22-14-40(15-23-44)42-18-26-46(27-19-42)56-60-51-32-36(6-2)38(8-4)34-53(51)62-56/h9-34H,5-8H2,1-4H3. The highest BCUT2D eigenvalue weighted by atomic mass is 16.4. The first-order valence-electron chi connectivity index (χ1n) is 21.7. The fraction of sp³-hybridized carbons (Fsp3) is 0.143. The zero-order valence-electron chi connectivity index (χ0n) is 35.4. The second-order valence-electron chi connectivity index (χ2n) is 15.7. The predicted molar refractivity (Wildman–Crippen MR) is 253 cm³/mol. The number of aromatic nitrogens is 4. The van der Waals surface area contributed by atoms with E-state index in [1.807, 2.05) is 24.4 Å². The fourth-order valence-corrected chi connectivity index (χ4v) is 8.52. The van der Waals surface area contributed by atoms with Crippen LogP contribution < -0.4 is 0 Å². The first-order valence-corrected chi connectivity index (χ1v) is 21.7. The summed E-state index contributed by atoms with van der Waals surface area (Å²) in [6.07, 6.45) is 5.72. The lowest BCUT2D eigenvalue weighted by Crippen LogP contribution is -1.94. The van der Waals surface area contributed by atoms with Gasteiger partial charge in [0.15, 0.2) is 11.2 Å². The molecule has 10 aromatic rings. The summed E-state index contributed by atoms with van der Waals surface area (Å²) in [5.74, 6) is 1.28. The first kappa shape index (κ1) is 38.7. The molecule has 0 fully saturated rings. The average molecular weight is 807 g/mol. The molecule has 6 nitrogen and oxygen atoms in total. The molecular formula is C56H46N4O2. The number of nitrogens with zero attached hydrogens (tertiary/aromatic N) is 4. The van der Waals surface area contributed by atoms with Crippen LogP contribution in [0.15, 0.2) is 167 Å². The summed E-state index contributed by atoms with van der Waals surface area (Å²) in [6, 6.07) is 53.0. The third-order valence-corrected chi connectivity index (χ3v) is 12.1. The maximum Gasteiger partial charge on any atom is 0.227 e. The van der Waals surface area contributed by atoms with Crippen molar-refractivity contribution in [1.82, 2.24) is 19.9 Å². The Morgan fingerprint density at radius 1 is 0.371 bits per heavy atom. The van der Waals surface area contributed by atoms with Gasteiger partial charge in [-0.1, -0.05) is 107 Å². The van der Waals surface area contributed by atoms with E-state index in [1.165, 1.54) is 22.3 Å². The zero-order chi connectivity index (χ0) is 42.2. The van der Waals surface area contributed by atoms with Crippen molar-refractivity contribution < 1.29 is 8.83 Å². The Balaban J connectivity index is 0.918. The van der Waals surface area contributed by atoms with Gasteiger partial charge in [-0.3, -0.25) is 4.98 Å². The van der Waals surface area contributed by atoms with E-state index < -0.39 is 0 Å². The SMILES string of the molecule is CCc1cc2nc(-c3ccc(-c4ccc(-c5ccc(-c6ccccn6)nc5-c5ccc(-c6ccc(-c7nc8cc(CC)c(CC)cc8o7)cc6)cc5)cc4)cc3)oc2cc1CC. The van der Waals surface area contributed by atoms with Gasteiger partial charge in [-0.05, 0) is 149 Å². The van der Waals surface area contributed by atoms with Gasteiger partial charge in [0.2, 0.25) is 11.8 Å². The van der Waals surface area contributed by atoms with E-state index >= 15 is 0 Å². The van der Waals surface area contributed by atoms with Crippen LogP contribution in [-0.2, 0) is 25.7 Å². The van der Waals surface area contributed by atoms with Crippen LogP contribution in [0.2, 0.25) is 0 Å². The van der Waals surface area contributed by atoms with Crippen LogP contribution in [0.4, 0.5) is 0 Å². The van der Waals surface area contributed by atoms with Crippen LogP contribution >= 0.6 is 0 Å². The molecule has 0 radical (unpaired) electrons. The number of aryl methyl sites for hydroxylation is 4. The van der Waals surface area contributed by atoms with Crippen molar-refractivity contribution in [3.63, 3.8) is 0 Å². The quantitative estimate of drug-likeness (QED) is 0.130. The number of pyridine rings is 2. The summed E-state index contributed by atoms with van der Waals surface area (Å²) in [7, 11) is 0. The van der Waals surface area contributed by atoms with E-state index in [0.29, 0.717) is 11.8 Å². The molecule has 0 aliphatic carbocycles. The Morgan fingerprint density at radius 3 is 1.23 bits per heavy atom. The fourth-order valence-electron chi connectivity index (χ4n) is 8.52. The lowest BCUT2D eigenvalue weighted by Gasteiger charge is -2.13. The Kier molecular flexibility index (Phi) is 10.3. The van der Waals surface area contributed by atoms with Crippen molar-refractivity contribution in [2.24, 2.45) is 0 Å². The van der Waals surface area contributed by atoms with Gasteiger partial charge in [-0.15, -0.1) is 0 Å². The van der Waals surface area contributed by atoms with Crippen LogP contribution in [0.1, 0.15) is 49.9 Å². The molecule has 0 unspecified atom stereocenters. The van der Waals surface area contributed by atoms with Gasteiger partial charge in [0.25, 0.3) is 0 Å². The molecule has 6 heteroatoms. The molecule has 0 bridgehead atoms. The number of fused-ring (bicyclic) bond motifs is 2. The van der Waals surface area contributed by atoms with Gasteiger partial charge in [-0.25, -0.2) is 15.0 Å². The highest BCUT2D eigenvalue weighted by Crippen LogP contribution is 2.37. The molecule has 0 aliphatic rings. The Morgan fingerprint density at radius 2 is 0.790 bits per heavy atom. The van der Waals surface area contributed by atoms with E-state index in [2.05, 4.69) is 166 Å². The predicted octanol–water partition coefficient (Wildman–Crippen LogP) is 14.7. The zero-order valence-corrected chi connectivity index (χ0v) is 35.4. The molecule has 0 spiro atoms. The molecule has 62 heavy (non-hydrogen) atoms. The highest BCUT2D eigenvalue weighted by Gasteiger charge is 2.16. The Bertz CT molecular complexity index is 3100. The van der Waals surface area contributed by atoms with Gasteiger partial charge in [0.1, 0.15) is 11.0 Å². The van der Waals surface area contributed by atoms with Crippen molar-refractivity contribution in [1.29, 1.82) is 0 Å². The van der Waals surface area contributed by atoms with Crippen molar-refractivity contribution in [2.45, 2.75) is 53.4 Å². The van der Waals surface area contributed by atoms with Crippen molar-refractivity contribution >= 4 is 22.2 Å². The van der Waals surface area contributed by atoms with Gasteiger partial charge < -0.3 is 8.83 Å². The van der Waals surface area contributed by atoms with E-state index in [9.17, 15) is 0 Å². The number of oxazole rings is 2. The lowest BCUT2D eigenvalue weighted by molar-refractivity contribution is 0.619. The highest BCUT2D eigenvalue weighted by molar-refractivity contribution is 5.85. The molecule has 0 atom stereocenters. The Hall–Kier alpha value is -7.44. The maximum absolute atomic E-state index is 6.24. The summed E-state index contributed by atoms with van der Waals surface area (Å²) in [5.41, 5.74) is 20.9. The minimum atomic E-state index is 0.641. The number of hydrogen-bond acceptors (Lipinski definition) is 6. The largest absolute Gasteiger partial charge is 0.436 e. The minimum absolute atomic E-state index is 0.641. The molecule has 6 aromatic carbocycles. The summed E-state index contributed by atoms with van der Waals surface area (Å²) >= 11 is 0. The molecule has 0 saturated carbocycles. The van der Waals surface area contributed by atoms with Crippen molar-refractivity contribution in [3.8, 4) is 78.9 Å². The molecule has 302 valence electrons. The third-order valence-electron chi connectivity index (χ3n) is 12.1. The summed E-state index contributed by atoms with van der Waals surface area (Å²) in [6.45, 7) is 8.74. The van der Waals surface area contributed by atoms with E-state index in [4.69, 9.17) is 23.8 Å². The second-order valence-corrected chi connectivity index (χ2v) is 15.7. The molecule has 10 rings (SSSR count). The monoisotopic (exact) mass is 806 g/mol. The van der Waals surface area contributed by atoms with Gasteiger partial charge in [-0.2, -0.15) is 0 Å². The van der Waals surface area contributed by atoms with Gasteiger partial charge >= 0.3 is 0 Å². The molecule has 0 aliphatic heterocycles. The molecule has 0 amide bonds. The summed E-state index contributed by atoms with van der Waals surface area (Å²) in [5, 5.41) is 0. The number of rotatable bonds is 11. The van der Waals surface area contributed by atoms with Crippen LogP contribution in [0, 0.1) is 0 Å². The first-order chi connectivity index (χ1) is 30.5. The van der Waals surface area contributed by atoms with Crippen LogP contribution in [-0.4, -0.2) is 19.9 Å². The van der Waals surface area contributed by atoms with Crippen LogP contribution in [0.5, 0.6) is 0 Å². The molecular weight excluding hydrogens is 761 g/mol.